The molecule has 0 radical (unpaired) electrons. The molecule has 0 unspecified atom stereocenters. The second-order valence-corrected chi connectivity index (χ2v) is 7.45. The van der Waals surface area contributed by atoms with E-state index in [9.17, 15) is 14.4 Å². The lowest BCUT2D eigenvalue weighted by Gasteiger charge is -2.09. The Morgan fingerprint density at radius 3 is 2.34 bits per heavy atom. The number of hydrogen-bond acceptors (Lipinski definition) is 7. The number of halogens is 1. The SMILES string of the molecule is COc1ccc(C(=O)Oc2ccc(/C=N\NC(=O)CNC(=O)c3cccc(Cl)c3)cc2)cc1OC. The van der Waals surface area contributed by atoms with E-state index in [1.807, 2.05) is 0 Å². The van der Waals surface area contributed by atoms with E-state index in [0.717, 1.165) is 0 Å². The van der Waals surface area contributed by atoms with E-state index in [-0.39, 0.29) is 6.54 Å². The van der Waals surface area contributed by atoms with Gasteiger partial charge in [-0.15, -0.1) is 0 Å². The van der Waals surface area contributed by atoms with Crippen LogP contribution in [0.3, 0.4) is 0 Å². The Hall–Kier alpha value is -4.37. The molecule has 0 spiro atoms. The number of hydrogen-bond donors (Lipinski definition) is 2. The van der Waals surface area contributed by atoms with Crippen LogP contribution in [0.25, 0.3) is 0 Å². The van der Waals surface area contributed by atoms with Gasteiger partial charge in [-0.2, -0.15) is 5.10 Å². The van der Waals surface area contributed by atoms with Crippen LogP contribution < -0.4 is 25.0 Å². The summed E-state index contributed by atoms with van der Waals surface area (Å²) in [5.74, 6) is -0.237. The Morgan fingerprint density at radius 1 is 0.914 bits per heavy atom. The van der Waals surface area contributed by atoms with E-state index < -0.39 is 17.8 Å². The summed E-state index contributed by atoms with van der Waals surface area (Å²) in [5.41, 5.74) is 3.62. The maximum atomic E-state index is 12.4. The van der Waals surface area contributed by atoms with Crippen LogP contribution in [0.15, 0.2) is 71.8 Å². The van der Waals surface area contributed by atoms with Crippen LogP contribution in [0.5, 0.6) is 17.2 Å². The molecule has 0 fully saturated rings. The summed E-state index contributed by atoms with van der Waals surface area (Å²) in [4.78, 5) is 36.3. The standard InChI is InChI=1S/C25H22ClN3O6/c1-33-21-11-8-18(13-22(21)34-2)25(32)35-20-9-6-16(7-10-20)14-28-29-23(30)15-27-24(31)17-4-3-5-19(26)12-17/h3-14H,15H2,1-2H3,(H,27,31)(H,29,30)/b28-14-. The molecule has 0 heterocycles. The predicted molar refractivity (Wildman–Crippen MR) is 130 cm³/mol. The number of amides is 2. The van der Waals surface area contributed by atoms with Gasteiger partial charge in [0.25, 0.3) is 11.8 Å². The number of carbonyl (C=O) groups is 3. The van der Waals surface area contributed by atoms with Crippen LogP contribution in [0.2, 0.25) is 5.02 Å². The summed E-state index contributed by atoms with van der Waals surface area (Å²) >= 11 is 5.85. The smallest absolute Gasteiger partial charge is 0.343 e. The average molecular weight is 496 g/mol. The Labute approximate surface area is 206 Å². The van der Waals surface area contributed by atoms with Crippen molar-refractivity contribution in [1.29, 1.82) is 0 Å². The van der Waals surface area contributed by atoms with Gasteiger partial charge in [-0.25, -0.2) is 10.2 Å². The normalized spacial score (nSPS) is 10.5. The number of hydrazone groups is 1. The highest BCUT2D eigenvalue weighted by atomic mass is 35.5. The van der Waals surface area contributed by atoms with Gasteiger partial charge in [0.1, 0.15) is 5.75 Å². The van der Waals surface area contributed by atoms with E-state index in [1.54, 1.807) is 54.6 Å². The van der Waals surface area contributed by atoms with Crippen molar-refractivity contribution >= 4 is 35.6 Å². The molecule has 0 saturated carbocycles. The third-order valence-corrected chi connectivity index (χ3v) is 4.84. The molecular weight excluding hydrogens is 474 g/mol. The molecule has 3 rings (SSSR count). The summed E-state index contributed by atoms with van der Waals surface area (Å²) in [7, 11) is 2.99. The van der Waals surface area contributed by atoms with Crippen LogP contribution in [-0.2, 0) is 4.79 Å². The van der Waals surface area contributed by atoms with E-state index in [2.05, 4.69) is 15.8 Å². The molecular formula is C25H22ClN3O6. The first-order valence-corrected chi connectivity index (χ1v) is 10.7. The first kappa shape index (κ1) is 25.3. The third-order valence-electron chi connectivity index (χ3n) is 4.61. The van der Waals surface area contributed by atoms with Crippen molar-refractivity contribution in [3.63, 3.8) is 0 Å². The van der Waals surface area contributed by atoms with Crippen molar-refractivity contribution in [2.75, 3.05) is 20.8 Å². The quantitative estimate of drug-likeness (QED) is 0.203. The Bertz CT molecular complexity index is 1240. The molecule has 180 valence electrons. The number of esters is 1. The second-order valence-electron chi connectivity index (χ2n) is 7.01. The molecule has 0 aliphatic rings. The molecule has 2 N–H and O–H groups in total. The number of carbonyl (C=O) groups excluding carboxylic acids is 3. The fourth-order valence-corrected chi connectivity index (χ4v) is 3.05. The number of rotatable bonds is 9. The number of methoxy groups -OCH3 is 2. The fourth-order valence-electron chi connectivity index (χ4n) is 2.86. The van der Waals surface area contributed by atoms with Gasteiger partial charge in [0, 0.05) is 10.6 Å². The van der Waals surface area contributed by atoms with Crippen molar-refractivity contribution in [3.05, 3.63) is 88.4 Å². The first-order valence-electron chi connectivity index (χ1n) is 10.3. The van der Waals surface area contributed by atoms with Crippen LogP contribution in [0, 0.1) is 0 Å². The molecule has 0 atom stereocenters. The monoisotopic (exact) mass is 495 g/mol. The van der Waals surface area contributed by atoms with Crippen LogP contribution in [0.1, 0.15) is 26.3 Å². The number of nitrogens with one attached hydrogen (secondary N) is 2. The average Bonchev–Trinajstić information content (AvgIpc) is 2.87. The van der Waals surface area contributed by atoms with Crippen LogP contribution >= 0.6 is 11.6 Å². The molecule has 35 heavy (non-hydrogen) atoms. The molecule has 0 aromatic heterocycles. The van der Waals surface area contributed by atoms with Gasteiger partial charge in [0.05, 0.1) is 32.5 Å². The zero-order chi connectivity index (χ0) is 25.2. The molecule has 0 saturated heterocycles. The van der Waals surface area contributed by atoms with Gasteiger partial charge >= 0.3 is 5.97 Å². The second kappa shape index (κ2) is 12.2. The van der Waals surface area contributed by atoms with Crippen molar-refractivity contribution in [3.8, 4) is 17.2 Å². The molecule has 9 nitrogen and oxygen atoms in total. The minimum atomic E-state index is -0.556. The lowest BCUT2D eigenvalue weighted by Crippen LogP contribution is -2.34. The highest BCUT2D eigenvalue weighted by molar-refractivity contribution is 6.31. The topological polar surface area (TPSA) is 115 Å². The van der Waals surface area contributed by atoms with Crippen LogP contribution in [-0.4, -0.2) is 44.8 Å². The van der Waals surface area contributed by atoms with Gasteiger partial charge in [-0.1, -0.05) is 17.7 Å². The van der Waals surface area contributed by atoms with Gasteiger partial charge in [0.15, 0.2) is 11.5 Å². The number of ether oxygens (including phenoxy) is 3. The van der Waals surface area contributed by atoms with E-state index in [1.165, 1.54) is 32.6 Å². The minimum Gasteiger partial charge on any atom is -0.493 e. The fraction of sp³-hybridized carbons (Fsp3) is 0.120. The molecule has 10 heteroatoms. The maximum Gasteiger partial charge on any atom is 0.343 e. The molecule has 0 aliphatic heterocycles. The summed E-state index contributed by atoms with van der Waals surface area (Å²) in [5, 5.41) is 6.75. The molecule has 0 aliphatic carbocycles. The van der Waals surface area contributed by atoms with Crippen LogP contribution in [0.4, 0.5) is 0 Å². The molecule has 0 bridgehead atoms. The van der Waals surface area contributed by atoms with Crippen molar-refractivity contribution in [2.24, 2.45) is 5.10 Å². The predicted octanol–water partition coefficient (Wildman–Crippen LogP) is 3.46. The Kier molecular flexibility index (Phi) is 8.80. The zero-order valence-corrected chi connectivity index (χ0v) is 19.7. The molecule has 3 aromatic carbocycles. The summed E-state index contributed by atoms with van der Waals surface area (Å²) in [6, 6.07) is 17.6. The number of benzene rings is 3. The lowest BCUT2D eigenvalue weighted by molar-refractivity contribution is -0.120. The van der Waals surface area contributed by atoms with Crippen molar-refractivity contribution in [2.45, 2.75) is 0 Å². The molecule has 2 amide bonds. The Morgan fingerprint density at radius 2 is 1.66 bits per heavy atom. The van der Waals surface area contributed by atoms with Gasteiger partial charge in [-0.05, 0) is 66.2 Å². The summed E-state index contributed by atoms with van der Waals surface area (Å²) in [6.07, 6.45) is 1.41. The highest BCUT2D eigenvalue weighted by Crippen LogP contribution is 2.28. The third kappa shape index (κ3) is 7.31. The van der Waals surface area contributed by atoms with Crippen molar-refractivity contribution < 1.29 is 28.6 Å². The van der Waals surface area contributed by atoms with E-state index in [4.69, 9.17) is 25.8 Å². The van der Waals surface area contributed by atoms with E-state index in [0.29, 0.717) is 39.0 Å². The van der Waals surface area contributed by atoms with E-state index >= 15 is 0 Å². The Balaban J connectivity index is 1.48. The highest BCUT2D eigenvalue weighted by Gasteiger charge is 2.13. The van der Waals surface area contributed by atoms with Gasteiger partial charge in [0.2, 0.25) is 0 Å². The summed E-state index contributed by atoms with van der Waals surface area (Å²) in [6.45, 7) is -0.256. The molecule has 3 aromatic rings. The first-order chi connectivity index (χ1) is 16.9. The minimum absolute atomic E-state index is 0.256. The number of nitrogens with zero attached hydrogens (tertiary/aromatic N) is 1. The van der Waals surface area contributed by atoms with Gasteiger partial charge < -0.3 is 19.5 Å². The summed E-state index contributed by atoms with van der Waals surface area (Å²) < 4.78 is 15.7. The lowest BCUT2D eigenvalue weighted by atomic mass is 10.2. The van der Waals surface area contributed by atoms with Crippen molar-refractivity contribution in [1.82, 2.24) is 10.7 Å². The largest absolute Gasteiger partial charge is 0.493 e. The maximum absolute atomic E-state index is 12.4. The zero-order valence-electron chi connectivity index (χ0n) is 18.9. The van der Waals surface area contributed by atoms with Gasteiger partial charge in [-0.3, -0.25) is 9.59 Å².